The zero-order valence-electron chi connectivity index (χ0n) is 16.3. The van der Waals surface area contributed by atoms with Crippen molar-refractivity contribution in [1.82, 2.24) is 16.0 Å². The minimum Gasteiger partial charge on any atom is -0.508 e. The lowest BCUT2D eigenvalue weighted by Gasteiger charge is -2.30. The molecule has 0 saturated heterocycles. The Labute approximate surface area is 166 Å². The summed E-state index contributed by atoms with van der Waals surface area (Å²) in [5.74, 6) is 1.99. The van der Waals surface area contributed by atoms with Gasteiger partial charge in [0.25, 0.3) is 5.91 Å². The molecule has 0 aromatic heterocycles. The van der Waals surface area contributed by atoms with Crippen molar-refractivity contribution in [2.24, 2.45) is 4.99 Å². The Morgan fingerprint density at radius 3 is 2.70 bits per heavy atom. The summed E-state index contributed by atoms with van der Waals surface area (Å²) in [6.45, 7) is 6.07. The second-order valence-corrected chi connectivity index (χ2v) is 8.23. The van der Waals surface area contributed by atoms with E-state index in [2.05, 4.69) is 46.6 Å². The van der Waals surface area contributed by atoms with Crippen LogP contribution in [0.3, 0.4) is 0 Å². The molecule has 0 bridgehead atoms. The molecule has 2 unspecified atom stereocenters. The van der Waals surface area contributed by atoms with E-state index < -0.39 is 0 Å². The number of aliphatic imine (C=N–C) groups is 1. The minimum atomic E-state index is -0.158. The molecule has 6 nitrogen and oxygen atoms in total. The Balaban J connectivity index is 1.78. The van der Waals surface area contributed by atoms with E-state index in [1.54, 1.807) is 12.1 Å². The van der Waals surface area contributed by atoms with E-state index in [-0.39, 0.29) is 11.7 Å². The molecule has 27 heavy (non-hydrogen) atoms. The van der Waals surface area contributed by atoms with Crippen LogP contribution in [0.25, 0.3) is 0 Å². The number of guanidine groups is 1. The van der Waals surface area contributed by atoms with Crippen LogP contribution >= 0.6 is 11.8 Å². The predicted octanol–water partition coefficient (Wildman–Crippen LogP) is 2.74. The number of phenols is 1. The molecule has 0 spiro atoms. The van der Waals surface area contributed by atoms with E-state index in [1.165, 1.54) is 43.6 Å². The molecule has 1 amide bonds. The van der Waals surface area contributed by atoms with Crippen LogP contribution in [0, 0.1) is 0 Å². The van der Waals surface area contributed by atoms with Crippen LogP contribution in [0.2, 0.25) is 0 Å². The number of thioether (sulfide) groups is 1. The average Bonchev–Trinajstić information content (AvgIpc) is 2.66. The van der Waals surface area contributed by atoms with Gasteiger partial charge in [-0.1, -0.05) is 13.3 Å². The largest absolute Gasteiger partial charge is 0.508 e. The number of carbonyl (C=O) groups is 1. The van der Waals surface area contributed by atoms with Crippen molar-refractivity contribution < 1.29 is 9.90 Å². The third-order valence-corrected chi connectivity index (χ3v) is 5.74. The summed E-state index contributed by atoms with van der Waals surface area (Å²) in [5, 5.41) is 19.7. The highest BCUT2D eigenvalue weighted by molar-refractivity contribution is 7.99. The van der Waals surface area contributed by atoms with Crippen LogP contribution < -0.4 is 16.0 Å². The summed E-state index contributed by atoms with van der Waals surface area (Å²) in [6.07, 6.45) is 4.94. The molecule has 1 aliphatic carbocycles. The van der Waals surface area contributed by atoms with E-state index in [0.29, 0.717) is 24.7 Å². The maximum atomic E-state index is 12.1. The van der Waals surface area contributed by atoms with Gasteiger partial charge in [0.1, 0.15) is 5.75 Å². The summed E-state index contributed by atoms with van der Waals surface area (Å²) in [4.78, 5) is 16.7. The van der Waals surface area contributed by atoms with Crippen LogP contribution in [-0.4, -0.2) is 53.7 Å². The standard InChI is InChI=1S/C20H32N4O2S/c1-3-21-20(24-16-6-5-7-18(14-16)27-4-2)23-13-12-22-19(26)15-8-10-17(25)11-9-15/h8-11,16,18,25H,3-7,12-14H2,1-2H3,(H,22,26)(H2,21,23,24). The SMILES string of the molecule is CCNC(=NCCNC(=O)c1ccc(O)cc1)NC1CCCC(SCC)C1. The molecule has 150 valence electrons. The molecule has 1 fully saturated rings. The van der Waals surface area contributed by atoms with Gasteiger partial charge in [0.15, 0.2) is 5.96 Å². The van der Waals surface area contributed by atoms with Crippen LogP contribution in [0.15, 0.2) is 29.3 Å². The van der Waals surface area contributed by atoms with Crippen molar-refractivity contribution in [3.8, 4) is 5.75 Å². The van der Waals surface area contributed by atoms with Gasteiger partial charge in [-0.3, -0.25) is 9.79 Å². The van der Waals surface area contributed by atoms with Gasteiger partial charge >= 0.3 is 0 Å². The van der Waals surface area contributed by atoms with Gasteiger partial charge in [-0.05, 0) is 56.2 Å². The number of benzene rings is 1. The van der Waals surface area contributed by atoms with Crippen molar-refractivity contribution in [2.45, 2.75) is 50.8 Å². The third kappa shape index (κ3) is 7.71. The molecule has 0 aliphatic heterocycles. The number of phenolic OH excluding ortho intramolecular Hbond substituents is 1. The number of amides is 1. The molecular formula is C20H32N4O2S. The Morgan fingerprint density at radius 1 is 1.22 bits per heavy atom. The molecule has 1 aromatic rings. The molecule has 7 heteroatoms. The lowest BCUT2D eigenvalue weighted by Crippen LogP contribution is -2.46. The molecule has 1 saturated carbocycles. The maximum absolute atomic E-state index is 12.1. The fourth-order valence-electron chi connectivity index (χ4n) is 3.23. The Kier molecular flexibility index (Phi) is 9.31. The number of nitrogens with zero attached hydrogens (tertiary/aromatic N) is 1. The quantitative estimate of drug-likeness (QED) is 0.310. The number of hydrogen-bond donors (Lipinski definition) is 4. The van der Waals surface area contributed by atoms with Crippen molar-refractivity contribution in [1.29, 1.82) is 0 Å². The highest BCUT2D eigenvalue weighted by atomic mass is 32.2. The van der Waals surface area contributed by atoms with Gasteiger partial charge in [-0.25, -0.2) is 0 Å². The van der Waals surface area contributed by atoms with Crippen molar-refractivity contribution in [3.63, 3.8) is 0 Å². The van der Waals surface area contributed by atoms with Gasteiger partial charge in [0.05, 0.1) is 6.54 Å². The fraction of sp³-hybridized carbons (Fsp3) is 0.600. The van der Waals surface area contributed by atoms with Crippen LogP contribution in [-0.2, 0) is 0 Å². The third-order valence-electron chi connectivity index (χ3n) is 4.51. The zero-order valence-corrected chi connectivity index (χ0v) is 17.1. The van der Waals surface area contributed by atoms with Crippen LogP contribution in [0.4, 0.5) is 0 Å². The molecule has 4 N–H and O–H groups in total. The Hall–Kier alpha value is -1.89. The summed E-state index contributed by atoms with van der Waals surface area (Å²) in [5.41, 5.74) is 0.531. The van der Waals surface area contributed by atoms with Gasteiger partial charge < -0.3 is 21.1 Å². The van der Waals surface area contributed by atoms with E-state index in [1.807, 2.05) is 0 Å². The number of aromatic hydroxyl groups is 1. The monoisotopic (exact) mass is 392 g/mol. The van der Waals surface area contributed by atoms with E-state index >= 15 is 0 Å². The summed E-state index contributed by atoms with van der Waals surface area (Å²) >= 11 is 2.06. The highest BCUT2D eigenvalue weighted by Crippen LogP contribution is 2.28. The first-order valence-electron chi connectivity index (χ1n) is 9.86. The second kappa shape index (κ2) is 11.7. The first-order chi connectivity index (χ1) is 13.1. The van der Waals surface area contributed by atoms with E-state index in [4.69, 9.17) is 0 Å². The zero-order chi connectivity index (χ0) is 19.5. The summed E-state index contributed by atoms with van der Waals surface area (Å²) < 4.78 is 0. The smallest absolute Gasteiger partial charge is 0.251 e. The Morgan fingerprint density at radius 2 is 2.00 bits per heavy atom. The molecule has 0 heterocycles. The van der Waals surface area contributed by atoms with Crippen LogP contribution in [0.1, 0.15) is 49.9 Å². The predicted molar refractivity (Wildman–Crippen MR) is 114 cm³/mol. The molecule has 1 aliphatic rings. The normalized spacial score (nSPS) is 20.1. The Bertz CT molecular complexity index is 605. The van der Waals surface area contributed by atoms with Gasteiger partial charge in [-0.15, -0.1) is 0 Å². The summed E-state index contributed by atoms with van der Waals surface area (Å²) in [7, 11) is 0. The number of rotatable bonds is 8. The topological polar surface area (TPSA) is 85.8 Å². The molecule has 1 aromatic carbocycles. The summed E-state index contributed by atoms with van der Waals surface area (Å²) in [6, 6.07) is 6.69. The lowest BCUT2D eigenvalue weighted by molar-refractivity contribution is 0.0955. The fourth-order valence-corrected chi connectivity index (χ4v) is 4.40. The lowest BCUT2D eigenvalue weighted by atomic mass is 9.95. The molecule has 2 atom stereocenters. The first-order valence-corrected chi connectivity index (χ1v) is 10.9. The molecular weight excluding hydrogens is 360 g/mol. The van der Waals surface area contributed by atoms with Crippen molar-refractivity contribution in [2.75, 3.05) is 25.4 Å². The number of nitrogens with one attached hydrogen (secondary N) is 3. The highest BCUT2D eigenvalue weighted by Gasteiger charge is 2.22. The van der Waals surface area contributed by atoms with Crippen LogP contribution in [0.5, 0.6) is 5.75 Å². The van der Waals surface area contributed by atoms with Crippen molar-refractivity contribution in [3.05, 3.63) is 29.8 Å². The average molecular weight is 393 g/mol. The van der Waals surface area contributed by atoms with Gasteiger partial charge in [0.2, 0.25) is 0 Å². The van der Waals surface area contributed by atoms with Crippen molar-refractivity contribution >= 4 is 23.6 Å². The van der Waals surface area contributed by atoms with Gasteiger partial charge in [0, 0.05) is 29.9 Å². The van der Waals surface area contributed by atoms with Gasteiger partial charge in [-0.2, -0.15) is 11.8 Å². The maximum Gasteiger partial charge on any atom is 0.251 e. The number of hydrogen-bond acceptors (Lipinski definition) is 4. The molecule has 0 radical (unpaired) electrons. The first kappa shape index (κ1) is 21.4. The van der Waals surface area contributed by atoms with E-state index in [9.17, 15) is 9.90 Å². The minimum absolute atomic E-state index is 0.153. The van der Waals surface area contributed by atoms with E-state index in [0.717, 1.165) is 17.8 Å². The molecule has 2 rings (SSSR count). The second-order valence-electron chi connectivity index (χ2n) is 6.65. The number of carbonyl (C=O) groups excluding carboxylic acids is 1.